The number of aryl methyl sites for hydroxylation is 1. The normalized spacial score (nSPS) is 17.6. The Labute approximate surface area is 279 Å². The summed E-state index contributed by atoms with van der Waals surface area (Å²) in [7, 11) is 1.65. The second kappa shape index (κ2) is 15.5. The highest BCUT2D eigenvalue weighted by atomic mass is 32.2. The first-order valence-electron chi connectivity index (χ1n) is 15.4. The molecule has 2 N–H and O–H groups in total. The van der Waals surface area contributed by atoms with E-state index in [1.807, 2.05) is 103 Å². The molecule has 5 rings (SSSR count). The Morgan fingerprint density at radius 3 is 2.41 bits per heavy atom. The van der Waals surface area contributed by atoms with Crippen molar-refractivity contribution in [2.45, 2.75) is 43.4 Å². The van der Waals surface area contributed by atoms with E-state index in [9.17, 15) is 9.59 Å². The molecule has 0 radical (unpaired) electrons. The van der Waals surface area contributed by atoms with Crippen molar-refractivity contribution >= 4 is 41.0 Å². The second-order valence-corrected chi connectivity index (χ2v) is 14.0. The molecule has 0 spiro atoms. The van der Waals surface area contributed by atoms with Crippen LogP contribution in [0.2, 0.25) is 0 Å². The van der Waals surface area contributed by atoms with Crippen LogP contribution >= 0.6 is 23.5 Å². The lowest BCUT2D eigenvalue weighted by Crippen LogP contribution is -2.38. The summed E-state index contributed by atoms with van der Waals surface area (Å²) in [5, 5.41) is -0.273. The molecular weight excluding hydrogens is 617 g/mol. The summed E-state index contributed by atoms with van der Waals surface area (Å²) in [6.07, 6.45) is 1.59. The second-order valence-electron chi connectivity index (χ2n) is 11.2. The number of ether oxygens (including phenoxy) is 3. The van der Waals surface area contributed by atoms with E-state index < -0.39 is 10.7 Å². The van der Waals surface area contributed by atoms with Gasteiger partial charge in [0.05, 0.1) is 18.5 Å². The van der Waals surface area contributed by atoms with Crippen LogP contribution in [-0.4, -0.2) is 41.8 Å². The van der Waals surface area contributed by atoms with Gasteiger partial charge in [-0.05, 0) is 97.3 Å². The number of thioether (sulfide) groups is 2. The van der Waals surface area contributed by atoms with Gasteiger partial charge in [-0.1, -0.05) is 54.6 Å². The van der Waals surface area contributed by atoms with Crippen molar-refractivity contribution in [2.75, 3.05) is 30.1 Å². The molecule has 0 bridgehead atoms. The minimum absolute atomic E-state index is 0.0191. The predicted molar refractivity (Wildman–Crippen MR) is 188 cm³/mol. The van der Waals surface area contributed by atoms with Gasteiger partial charge in [-0.2, -0.15) is 11.8 Å². The van der Waals surface area contributed by atoms with E-state index in [0.717, 1.165) is 46.3 Å². The van der Waals surface area contributed by atoms with Gasteiger partial charge < -0.3 is 19.9 Å². The largest absolute Gasteiger partial charge is 0.493 e. The maximum absolute atomic E-state index is 14.2. The smallest absolute Gasteiger partial charge is 0.248 e. The Morgan fingerprint density at radius 2 is 1.70 bits per heavy atom. The van der Waals surface area contributed by atoms with E-state index in [4.69, 9.17) is 19.9 Å². The van der Waals surface area contributed by atoms with Gasteiger partial charge in [0, 0.05) is 11.3 Å². The summed E-state index contributed by atoms with van der Waals surface area (Å²) in [5.74, 6) is 3.50. The predicted octanol–water partition coefficient (Wildman–Crippen LogP) is 7.68. The summed E-state index contributed by atoms with van der Waals surface area (Å²) in [6.45, 7) is 5.04. The Morgan fingerprint density at radius 1 is 0.913 bits per heavy atom. The van der Waals surface area contributed by atoms with Gasteiger partial charge in [0.1, 0.15) is 17.7 Å². The first-order valence-corrected chi connectivity index (χ1v) is 17.4. The third kappa shape index (κ3) is 8.00. The molecule has 4 aromatic carbocycles. The minimum Gasteiger partial charge on any atom is -0.493 e. The first-order chi connectivity index (χ1) is 22.3. The lowest BCUT2D eigenvalue weighted by molar-refractivity contribution is -0.120. The van der Waals surface area contributed by atoms with Crippen LogP contribution in [0.25, 0.3) is 0 Å². The summed E-state index contributed by atoms with van der Waals surface area (Å²) < 4.78 is 16.5. The average Bonchev–Trinajstić information content (AvgIpc) is 3.34. The molecule has 1 heterocycles. The van der Waals surface area contributed by atoms with E-state index in [1.54, 1.807) is 37.1 Å². The molecule has 0 aliphatic carbocycles. The topological polar surface area (TPSA) is 91.1 Å². The van der Waals surface area contributed by atoms with Crippen molar-refractivity contribution < 1.29 is 23.8 Å². The zero-order chi connectivity index (χ0) is 32.5. The number of rotatable bonds is 15. The first kappa shape index (κ1) is 33.3. The van der Waals surface area contributed by atoms with Gasteiger partial charge in [-0.3, -0.25) is 14.5 Å². The minimum atomic E-state index is -0.648. The molecule has 7 nitrogen and oxygen atoms in total. The third-order valence-corrected chi connectivity index (χ3v) is 10.5. The Hall–Kier alpha value is -4.08. The van der Waals surface area contributed by atoms with E-state index >= 15 is 0 Å². The molecular formula is C37H40N2O5S2. The van der Waals surface area contributed by atoms with Gasteiger partial charge in [0.2, 0.25) is 11.8 Å². The summed E-state index contributed by atoms with van der Waals surface area (Å²) >= 11 is 3.49. The number of hydrogen-bond donors (Lipinski definition) is 1. The molecule has 2 atom stereocenters. The monoisotopic (exact) mass is 656 g/mol. The van der Waals surface area contributed by atoms with E-state index in [0.29, 0.717) is 30.9 Å². The quantitative estimate of drug-likeness (QED) is 0.131. The highest BCUT2D eigenvalue weighted by Crippen LogP contribution is 2.53. The Balaban J connectivity index is 1.28. The zero-order valence-corrected chi connectivity index (χ0v) is 28.1. The van der Waals surface area contributed by atoms with E-state index in [-0.39, 0.29) is 11.3 Å². The number of hydrogen-bond acceptors (Lipinski definition) is 7. The molecule has 1 aliphatic heterocycles. The number of nitrogens with zero attached hydrogens (tertiary/aromatic N) is 1. The molecule has 0 aromatic heterocycles. The van der Waals surface area contributed by atoms with Crippen LogP contribution in [0.4, 0.5) is 5.69 Å². The molecule has 240 valence electrons. The van der Waals surface area contributed by atoms with Crippen LogP contribution in [-0.2, 0) is 17.8 Å². The molecule has 1 aliphatic rings. The molecule has 2 unspecified atom stereocenters. The molecule has 1 saturated heterocycles. The fourth-order valence-electron chi connectivity index (χ4n) is 5.33. The highest BCUT2D eigenvalue weighted by Gasteiger charge is 2.50. The number of carbonyl (C=O) groups excluding carboxylic acids is 2. The van der Waals surface area contributed by atoms with Crippen molar-refractivity contribution in [3.63, 3.8) is 0 Å². The van der Waals surface area contributed by atoms with E-state index in [2.05, 4.69) is 6.07 Å². The van der Waals surface area contributed by atoms with Crippen molar-refractivity contribution in [3.8, 4) is 17.2 Å². The van der Waals surface area contributed by atoms with Crippen molar-refractivity contribution in [3.05, 3.63) is 119 Å². The number of carbonyl (C=O) groups is 2. The van der Waals surface area contributed by atoms with Gasteiger partial charge in [0.15, 0.2) is 11.5 Å². The van der Waals surface area contributed by atoms with Gasteiger partial charge in [-0.25, -0.2) is 0 Å². The number of anilines is 1. The number of methoxy groups -OCH3 is 1. The number of nitrogens with two attached hydrogens (primary N) is 1. The van der Waals surface area contributed by atoms with Crippen LogP contribution in [0.15, 0.2) is 97.1 Å². The lowest BCUT2D eigenvalue weighted by atomic mass is 10.0. The van der Waals surface area contributed by atoms with Gasteiger partial charge in [0.25, 0.3) is 0 Å². The maximum Gasteiger partial charge on any atom is 0.248 e. The molecule has 46 heavy (non-hydrogen) atoms. The summed E-state index contributed by atoms with van der Waals surface area (Å²) in [6, 6.07) is 31.0. The molecule has 4 aromatic rings. The Kier molecular flexibility index (Phi) is 11.2. The highest BCUT2D eigenvalue weighted by molar-refractivity contribution is 8.02. The number of benzene rings is 4. The van der Waals surface area contributed by atoms with Gasteiger partial charge >= 0.3 is 0 Å². The van der Waals surface area contributed by atoms with Crippen LogP contribution < -0.4 is 24.8 Å². The fraction of sp³-hybridized carbons (Fsp3) is 0.297. The van der Waals surface area contributed by atoms with Crippen LogP contribution in [0.5, 0.6) is 17.2 Å². The zero-order valence-electron chi connectivity index (χ0n) is 26.4. The van der Waals surface area contributed by atoms with E-state index in [1.165, 1.54) is 5.56 Å². The summed E-state index contributed by atoms with van der Waals surface area (Å²) in [4.78, 5) is 28.0. The van der Waals surface area contributed by atoms with Gasteiger partial charge in [-0.15, -0.1) is 11.8 Å². The van der Waals surface area contributed by atoms with Crippen molar-refractivity contribution in [1.82, 2.24) is 0 Å². The molecule has 9 heteroatoms. The van der Waals surface area contributed by atoms with Crippen LogP contribution in [0.3, 0.4) is 0 Å². The SMILES string of the molecule is CCOc1cc(CCSCCC2(C)SC(c3ccc(OCc4ccccc4)cc3)N(c3cccc(C(N)=O)c3)C2=O)ccc1OC. The molecule has 0 saturated carbocycles. The number of primary amides is 1. The summed E-state index contributed by atoms with van der Waals surface area (Å²) in [5.41, 5.74) is 9.89. The van der Waals surface area contributed by atoms with Crippen LogP contribution in [0.1, 0.15) is 52.7 Å². The van der Waals surface area contributed by atoms with Crippen LogP contribution in [0, 0.1) is 0 Å². The van der Waals surface area contributed by atoms with Crippen molar-refractivity contribution in [1.29, 1.82) is 0 Å². The lowest BCUT2D eigenvalue weighted by Gasteiger charge is -2.25. The standard InChI is InChI=1S/C37H40N2O5S2/c1-4-43-33-23-26(13-18-32(33)42-3)19-21-45-22-20-37(2)36(41)39(30-12-8-11-29(24-30)34(38)40)35(46-37)28-14-16-31(17-15-28)44-25-27-9-6-5-7-10-27/h5-18,23-24,35H,4,19-22,25H2,1-3H3,(H2,38,40). The Bertz CT molecular complexity index is 1630. The average molecular weight is 657 g/mol. The third-order valence-electron chi connectivity index (χ3n) is 7.89. The molecule has 2 amide bonds. The number of amides is 2. The van der Waals surface area contributed by atoms with Crippen molar-refractivity contribution in [2.24, 2.45) is 5.73 Å². The maximum atomic E-state index is 14.2. The fourth-order valence-corrected chi connectivity index (χ4v) is 8.12. The molecule has 1 fully saturated rings.